The molecule has 3 saturated heterocycles. The Labute approximate surface area is 67.8 Å². The fraction of sp³-hybridized carbons (Fsp3) is 0.889. The number of nitrogens with zero attached hydrogens (tertiary/aromatic N) is 2. The summed E-state index contributed by atoms with van der Waals surface area (Å²) in [6.45, 7) is 3.76. The molecule has 0 amide bonds. The summed E-state index contributed by atoms with van der Waals surface area (Å²) in [4.78, 5) is 2.50. The lowest BCUT2D eigenvalue weighted by atomic mass is 9.78. The molecule has 0 radical (unpaired) electrons. The lowest BCUT2D eigenvalue weighted by Gasteiger charge is -2.44. The molecule has 3 aliphatic rings. The van der Waals surface area contributed by atoms with Crippen LogP contribution >= 0.6 is 0 Å². The number of nitriles is 1. The van der Waals surface area contributed by atoms with E-state index in [4.69, 9.17) is 5.26 Å². The summed E-state index contributed by atoms with van der Waals surface area (Å²) in [7, 11) is 0. The first-order chi connectivity index (χ1) is 5.40. The minimum absolute atomic E-state index is 0.697. The molecule has 0 saturated carbocycles. The second-order valence-corrected chi connectivity index (χ2v) is 3.76. The molecule has 0 N–H and O–H groups in total. The lowest BCUT2D eigenvalue weighted by Crippen LogP contribution is -2.47. The van der Waals surface area contributed by atoms with E-state index in [1.807, 2.05) is 0 Å². The van der Waals surface area contributed by atoms with Gasteiger partial charge in [0.05, 0.1) is 6.07 Å². The molecule has 2 bridgehead atoms. The van der Waals surface area contributed by atoms with Crippen molar-refractivity contribution >= 4 is 0 Å². The average molecular weight is 150 g/mol. The van der Waals surface area contributed by atoms with Gasteiger partial charge in [-0.3, -0.25) is 0 Å². The third kappa shape index (κ3) is 1.25. The number of rotatable bonds is 1. The van der Waals surface area contributed by atoms with Crippen molar-refractivity contribution in [3.63, 3.8) is 0 Å². The van der Waals surface area contributed by atoms with E-state index in [0.717, 1.165) is 12.3 Å². The first-order valence-corrected chi connectivity index (χ1v) is 4.49. The van der Waals surface area contributed by atoms with E-state index in [0.29, 0.717) is 5.92 Å². The standard InChI is InChI=1S/C9H14N2/c10-4-1-9-7-11-5-2-8(9)3-6-11/h8-9H,1-3,5-7H2. The molecule has 0 aromatic rings. The zero-order valence-electron chi connectivity index (χ0n) is 6.79. The molecule has 3 fully saturated rings. The zero-order valence-corrected chi connectivity index (χ0v) is 6.79. The van der Waals surface area contributed by atoms with Gasteiger partial charge in [-0.15, -0.1) is 0 Å². The van der Waals surface area contributed by atoms with Gasteiger partial charge in [0.25, 0.3) is 0 Å². The molecule has 3 aliphatic heterocycles. The largest absolute Gasteiger partial charge is 0.303 e. The van der Waals surface area contributed by atoms with Crippen molar-refractivity contribution in [2.24, 2.45) is 11.8 Å². The Morgan fingerprint density at radius 1 is 1.36 bits per heavy atom. The van der Waals surface area contributed by atoms with Crippen molar-refractivity contribution in [1.82, 2.24) is 4.90 Å². The molecule has 11 heavy (non-hydrogen) atoms. The first-order valence-electron chi connectivity index (χ1n) is 4.49. The van der Waals surface area contributed by atoms with E-state index in [1.165, 1.54) is 32.5 Å². The van der Waals surface area contributed by atoms with Crippen LogP contribution in [-0.2, 0) is 0 Å². The minimum atomic E-state index is 0.697. The highest BCUT2D eigenvalue weighted by Gasteiger charge is 2.33. The molecular formula is C9H14N2. The monoisotopic (exact) mass is 150 g/mol. The fourth-order valence-corrected chi connectivity index (χ4v) is 2.44. The maximum atomic E-state index is 8.58. The van der Waals surface area contributed by atoms with E-state index in [1.54, 1.807) is 0 Å². The predicted octanol–water partition coefficient (Wildman–Crippen LogP) is 1.24. The van der Waals surface area contributed by atoms with Gasteiger partial charge in [-0.05, 0) is 37.8 Å². The van der Waals surface area contributed by atoms with Gasteiger partial charge in [-0.2, -0.15) is 5.26 Å². The quantitative estimate of drug-likeness (QED) is 0.562. The van der Waals surface area contributed by atoms with Gasteiger partial charge in [0, 0.05) is 13.0 Å². The molecular weight excluding hydrogens is 136 g/mol. The summed E-state index contributed by atoms with van der Waals surface area (Å²) >= 11 is 0. The van der Waals surface area contributed by atoms with Crippen LogP contribution in [0.3, 0.4) is 0 Å². The molecule has 3 heterocycles. The molecule has 0 aromatic heterocycles. The number of piperidine rings is 3. The molecule has 0 aliphatic carbocycles. The van der Waals surface area contributed by atoms with E-state index in [9.17, 15) is 0 Å². The smallest absolute Gasteiger partial charge is 0.0625 e. The highest BCUT2D eigenvalue weighted by molar-refractivity contribution is 4.90. The maximum Gasteiger partial charge on any atom is 0.0625 e. The summed E-state index contributed by atoms with van der Waals surface area (Å²) in [5.41, 5.74) is 0. The Balaban J connectivity index is 1.98. The van der Waals surface area contributed by atoms with Crippen molar-refractivity contribution in [2.45, 2.75) is 19.3 Å². The van der Waals surface area contributed by atoms with E-state index in [2.05, 4.69) is 11.0 Å². The van der Waals surface area contributed by atoms with Crippen LogP contribution in [-0.4, -0.2) is 24.5 Å². The van der Waals surface area contributed by atoms with Crippen molar-refractivity contribution in [1.29, 1.82) is 5.26 Å². The van der Waals surface area contributed by atoms with Gasteiger partial charge in [-0.1, -0.05) is 0 Å². The van der Waals surface area contributed by atoms with Crippen LogP contribution in [0.15, 0.2) is 0 Å². The second kappa shape index (κ2) is 2.83. The van der Waals surface area contributed by atoms with Crippen LogP contribution < -0.4 is 0 Å². The Morgan fingerprint density at radius 2 is 2.09 bits per heavy atom. The number of hydrogen-bond acceptors (Lipinski definition) is 2. The molecule has 2 heteroatoms. The number of fused-ring (bicyclic) bond motifs is 3. The maximum absolute atomic E-state index is 8.58. The first kappa shape index (κ1) is 7.12. The van der Waals surface area contributed by atoms with E-state index < -0.39 is 0 Å². The topological polar surface area (TPSA) is 27.0 Å². The van der Waals surface area contributed by atoms with Gasteiger partial charge in [0.1, 0.15) is 0 Å². The lowest BCUT2D eigenvalue weighted by molar-refractivity contribution is 0.0534. The Kier molecular flexibility index (Phi) is 1.83. The third-order valence-electron chi connectivity index (χ3n) is 3.15. The van der Waals surface area contributed by atoms with Crippen molar-refractivity contribution < 1.29 is 0 Å². The molecule has 0 spiro atoms. The molecule has 3 rings (SSSR count). The fourth-order valence-electron chi connectivity index (χ4n) is 2.44. The van der Waals surface area contributed by atoms with Gasteiger partial charge in [0.15, 0.2) is 0 Å². The summed E-state index contributed by atoms with van der Waals surface area (Å²) in [6, 6.07) is 2.30. The molecule has 0 aromatic carbocycles. The van der Waals surface area contributed by atoms with Gasteiger partial charge in [-0.25, -0.2) is 0 Å². The van der Waals surface area contributed by atoms with E-state index >= 15 is 0 Å². The van der Waals surface area contributed by atoms with Crippen molar-refractivity contribution in [2.75, 3.05) is 19.6 Å². The van der Waals surface area contributed by atoms with Crippen LogP contribution in [0.25, 0.3) is 0 Å². The van der Waals surface area contributed by atoms with Crippen LogP contribution in [0.4, 0.5) is 0 Å². The summed E-state index contributed by atoms with van der Waals surface area (Å²) in [5, 5.41) is 8.58. The highest BCUT2D eigenvalue weighted by Crippen LogP contribution is 2.33. The van der Waals surface area contributed by atoms with Crippen LogP contribution in [0.2, 0.25) is 0 Å². The van der Waals surface area contributed by atoms with Crippen LogP contribution in [0.1, 0.15) is 19.3 Å². The molecule has 60 valence electrons. The van der Waals surface area contributed by atoms with Gasteiger partial charge < -0.3 is 4.90 Å². The molecule has 1 atom stereocenters. The molecule has 2 nitrogen and oxygen atoms in total. The third-order valence-corrected chi connectivity index (χ3v) is 3.15. The van der Waals surface area contributed by atoms with Crippen molar-refractivity contribution in [3.05, 3.63) is 0 Å². The van der Waals surface area contributed by atoms with Crippen LogP contribution in [0, 0.1) is 23.2 Å². The predicted molar refractivity (Wildman–Crippen MR) is 42.9 cm³/mol. The molecule has 1 unspecified atom stereocenters. The second-order valence-electron chi connectivity index (χ2n) is 3.76. The zero-order chi connectivity index (χ0) is 7.68. The Morgan fingerprint density at radius 3 is 2.55 bits per heavy atom. The SMILES string of the molecule is N#CCC1CN2CCC1CC2. The summed E-state index contributed by atoms with van der Waals surface area (Å²) in [5.74, 6) is 1.57. The van der Waals surface area contributed by atoms with Crippen LogP contribution in [0.5, 0.6) is 0 Å². The van der Waals surface area contributed by atoms with Gasteiger partial charge >= 0.3 is 0 Å². The Bertz CT molecular complexity index is 174. The number of hydrogen-bond donors (Lipinski definition) is 0. The summed E-state index contributed by atoms with van der Waals surface area (Å²) < 4.78 is 0. The van der Waals surface area contributed by atoms with E-state index in [-0.39, 0.29) is 0 Å². The average Bonchev–Trinajstić information content (AvgIpc) is 2.07. The highest BCUT2D eigenvalue weighted by atomic mass is 15.1. The normalized spacial score (nSPS) is 41.9. The summed E-state index contributed by atoms with van der Waals surface area (Å²) in [6.07, 6.45) is 3.46. The van der Waals surface area contributed by atoms with Gasteiger partial charge in [0.2, 0.25) is 0 Å². The van der Waals surface area contributed by atoms with Crippen molar-refractivity contribution in [3.8, 4) is 6.07 Å². The Hall–Kier alpha value is -0.550. The minimum Gasteiger partial charge on any atom is -0.303 e.